The fourth-order valence-corrected chi connectivity index (χ4v) is 0.992. The molecule has 5 nitrogen and oxygen atoms in total. The Morgan fingerprint density at radius 1 is 1.50 bits per heavy atom. The maximum absolute atomic E-state index is 11.1. The van der Waals surface area contributed by atoms with E-state index in [0.29, 0.717) is 12.8 Å². The molecular formula is C9H12N2O3. The topological polar surface area (TPSA) is 78.4 Å². The van der Waals surface area contributed by atoms with Crippen molar-refractivity contribution in [2.24, 2.45) is 0 Å². The van der Waals surface area contributed by atoms with Crippen LogP contribution < -0.4 is 10.6 Å². The molecule has 1 rings (SSSR count). The fraction of sp³-hybridized carbons (Fsp3) is 0.556. The van der Waals surface area contributed by atoms with Crippen LogP contribution in [0.2, 0.25) is 0 Å². The van der Waals surface area contributed by atoms with E-state index < -0.39 is 17.5 Å². The summed E-state index contributed by atoms with van der Waals surface area (Å²) in [5.41, 5.74) is -1.02. The molecule has 3 N–H and O–H groups in total. The number of carboxylic acids is 1. The number of aliphatic carboxylic acids is 1. The summed E-state index contributed by atoms with van der Waals surface area (Å²) in [6.07, 6.45) is 0.990. The van der Waals surface area contributed by atoms with Crippen LogP contribution in [-0.4, -0.2) is 29.2 Å². The monoisotopic (exact) mass is 196 g/mol. The van der Waals surface area contributed by atoms with Gasteiger partial charge in [-0.15, -0.1) is 5.92 Å². The summed E-state index contributed by atoms with van der Waals surface area (Å²) in [4.78, 5) is 21.8. The Morgan fingerprint density at radius 2 is 2.14 bits per heavy atom. The molecule has 0 radical (unpaired) electrons. The number of carboxylic acid groups (broad SMARTS) is 1. The lowest BCUT2D eigenvalue weighted by Gasteiger charge is -2.11. The van der Waals surface area contributed by atoms with Crippen molar-refractivity contribution in [3.63, 3.8) is 0 Å². The van der Waals surface area contributed by atoms with Crippen LogP contribution in [0.1, 0.15) is 19.8 Å². The number of hydrogen-bond acceptors (Lipinski definition) is 2. The van der Waals surface area contributed by atoms with Crippen molar-refractivity contribution in [1.29, 1.82) is 0 Å². The molecule has 1 aliphatic rings. The van der Waals surface area contributed by atoms with E-state index in [0.717, 1.165) is 0 Å². The van der Waals surface area contributed by atoms with Crippen molar-refractivity contribution in [3.05, 3.63) is 0 Å². The van der Waals surface area contributed by atoms with Crippen molar-refractivity contribution in [2.75, 3.05) is 6.54 Å². The summed E-state index contributed by atoms with van der Waals surface area (Å²) in [6.45, 7) is 1.90. The molecule has 5 heteroatoms. The molecule has 0 aromatic carbocycles. The average Bonchev–Trinajstić information content (AvgIpc) is 2.86. The van der Waals surface area contributed by atoms with Crippen LogP contribution in [-0.2, 0) is 4.79 Å². The number of amides is 2. The molecule has 0 aromatic heterocycles. The van der Waals surface area contributed by atoms with Crippen molar-refractivity contribution < 1.29 is 14.7 Å². The zero-order valence-corrected chi connectivity index (χ0v) is 7.89. The molecular weight excluding hydrogens is 184 g/mol. The third-order valence-electron chi connectivity index (χ3n) is 2.03. The van der Waals surface area contributed by atoms with E-state index in [1.807, 2.05) is 0 Å². The van der Waals surface area contributed by atoms with E-state index in [9.17, 15) is 9.59 Å². The van der Waals surface area contributed by atoms with Gasteiger partial charge in [0.2, 0.25) is 0 Å². The van der Waals surface area contributed by atoms with Gasteiger partial charge in [0, 0.05) is 0 Å². The highest BCUT2D eigenvalue weighted by molar-refractivity contribution is 5.88. The quantitative estimate of drug-likeness (QED) is 0.553. The van der Waals surface area contributed by atoms with E-state index >= 15 is 0 Å². The van der Waals surface area contributed by atoms with Gasteiger partial charge in [0.1, 0.15) is 5.54 Å². The molecule has 0 aliphatic heterocycles. The predicted molar refractivity (Wildman–Crippen MR) is 49.6 cm³/mol. The molecule has 1 aliphatic carbocycles. The van der Waals surface area contributed by atoms with Gasteiger partial charge in [-0.05, 0) is 19.8 Å². The van der Waals surface area contributed by atoms with E-state index in [-0.39, 0.29) is 6.54 Å². The van der Waals surface area contributed by atoms with Crippen molar-refractivity contribution >= 4 is 12.0 Å². The number of nitrogens with one attached hydrogen (secondary N) is 2. The SMILES string of the molecule is CC#CCNC(=O)NC1(C(=O)O)CC1. The van der Waals surface area contributed by atoms with E-state index in [2.05, 4.69) is 22.5 Å². The van der Waals surface area contributed by atoms with Gasteiger partial charge in [0.05, 0.1) is 6.54 Å². The summed E-state index contributed by atoms with van der Waals surface area (Å²) < 4.78 is 0. The van der Waals surface area contributed by atoms with Crippen molar-refractivity contribution in [3.8, 4) is 11.8 Å². The second-order valence-electron chi connectivity index (χ2n) is 3.12. The smallest absolute Gasteiger partial charge is 0.329 e. The summed E-state index contributed by atoms with van der Waals surface area (Å²) in [7, 11) is 0. The lowest BCUT2D eigenvalue weighted by molar-refractivity contribution is -0.140. The predicted octanol–water partition coefficient (Wildman–Crippen LogP) is -0.0739. The number of rotatable bonds is 3. The summed E-state index contributed by atoms with van der Waals surface area (Å²) in [6, 6.07) is -0.479. The first-order chi connectivity index (χ1) is 6.60. The standard InChI is InChI=1S/C9H12N2O3/c1-2-3-6-10-8(14)11-9(4-5-9)7(12)13/h4-6H2,1H3,(H,12,13)(H2,10,11,14). The van der Waals surface area contributed by atoms with Crippen LogP contribution in [0.25, 0.3) is 0 Å². The molecule has 0 bridgehead atoms. The molecule has 2 amide bonds. The first-order valence-corrected chi connectivity index (χ1v) is 4.30. The molecule has 76 valence electrons. The number of carbonyl (C=O) groups is 2. The lowest BCUT2D eigenvalue weighted by Crippen LogP contribution is -2.47. The van der Waals surface area contributed by atoms with Gasteiger partial charge in [-0.3, -0.25) is 0 Å². The molecule has 1 fully saturated rings. The molecule has 14 heavy (non-hydrogen) atoms. The molecule has 0 aromatic rings. The van der Waals surface area contributed by atoms with Crippen LogP contribution in [0.4, 0.5) is 4.79 Å². The number of carbonyl (C=O) groups excluding carboxylic acids is 1. The summed E-state index contributed by atoms with van der Waals surface area (Å²) in [5, 5.41) is 13.6. The molecule has 0 saturated heterocycles. The van der Waals surface area contributed by atoms with Gasteiger partial charge in [-0.1, -0.05) is 5.92 Å². The first-order valence-electron chi connectivity index (χ1n) is 4.30. The second kappa shape index (κ2) is 4.01. The minimum atomic E-state index is -1.02. The zero-order chi connectivity index (χ0) is 10.6. The van der Waals surface area contributed by atoms with Crippen LogP contribution in [0.15, 0.2) is 0 Å². The lowest BCUT2D eigenvalue weighted by atomic mass is 10.3. The molecule has 0 unspecified atom stereocenters. The third kappa shape index (κ3) is 2.39. The Hall–Kier alpha value is -1.70. The normalized spacial score (nSPS) is 16.1. The van der Waals surface area contributed by atoms with Crippen molar-refractivity contribution in [2.45, 2.75) is 25.3 Å². The highest BCUT2D eigenvalue weighted by Crippen LogP contribution is 2.35. The maximum Gasteiger partial charge on any atom is 0.329 e. The van der Waals surface area contributed by atoms with Gasteiger partial charge in [0.25, 0.3) is 0 Å². The Balaban J connectivity index is 2.33. The molecule has 0 spiro atoms. The van der Waals surface area contributed by atoms with Crippen LogP contribution in [0.5, 0.6) is 0 Å². The number of urea groups is 1. The Morgan fingerprint density at radius 3 is 2.57 bits per heavy atom. The number of hydrogen-bond donors (Lipinski definition) is 3. The minimum absolute atomic E-state index is 0.234. The van der Waals surface area contributed by atoms with Gasteiger partial charge >= 0.3 is 12.0 Å². The summed E-state index contributed by atoms with van der Waals surface area (Å²) >= 11 is 0. The largest absolute Gasteiger partial charge is 0.480 e. The van der Waals surface area contributed by atoms with Gasteiger partial charge < -0.3 is 15.7 Å². The van der Waals surface area contributed by atoms with Crippen LogP contribution in [0, 0.1) is 11.8 Å². The van der Waals surface area contributed by atoms with Gasteiger partial charge in [-0.2, -0.15) is 0 Å². The minimum Gasteiger partial charge on any atom is -0.480 e. The van der Waals surface area contributed by atoms with Crippen LogP contribution >= 0.6 is 0 Å². The zero-order valence-electron chi connectivity index (χ0n) is 7.89. The Labute approximate surface area is 81.9 Å². The Bertz CT molecular complexity index is 310. The van der Waals surface area contributed by atoms with E-state index in [4.69, 9.17) is 5.11 Å². The van der Waals surface area contributed by atoms with E-state index in [1.165, 1.54) is 0 Å². The van der Waals surface area contributed by atoms with Crippen molar-refractivity contribution in [1.82, 2.24) is 10.6 Å². The second-order valence-corrected chi connectivity index (χ2v) is 3.12. The highest BCUT2D eigenvalue weighted by Gasteiger charge is 2.51. The van der Waals surface area contributed by atoms with Gasteiger partial charge in [-0.25, -0.2) is 9.59 Å². The average molecular weight is 196 g/mol. The van der Waals surface area contributed by atoms with Crippen LogP contribution in [0.3, 0.4) is 0 Å². The Kier molecular flexibility index (Phi) is 2.97. The molecule has 0 atom stereocenters. The first kappa shape index (κ1) is 10.4. The maximum atomic E-state index is 11.1. The molecule has 1 saturated carbocycles. The third-order valence-corrected chi connectivity index (χ3v) is 2.03. The molecule has 0 heterocycles. The van der Waals surface area contributed by atoms with Gasteiger partial charge in [0.15, 0.2) is 0 Å². The van der Waals surface area contributed by atoms with E-state index in [1.54, 1.807) is 6.92 Å². The highest BCUT2D eigenvalue weighted by atomic mass is 16.4. The fourth-order valence-electron chi connectivity index (χ4n) is 0.992. The summed E-state index contributed by atoms with van der Waals surface area (Å²) in [5.74, 6) is 4.28.